The number of piperidine rings is 1. The van der Waals surface area contributed by atoms with Crippen LogP contribution in [0.15, 0.2) is 66.7 Å². The molecule has 1 aliphatic carbocycles. The van der Waals surface area contributed by atoms with Gasteiger partial charge in [-0.1, -0.05) is 48.5 Å². The minimum atomic E-state index is -0.497. The van der Waals surface area contributed by atoms with Crippen molar-refractivity contribution < 1.29 is 19.2 Å². The van der Waals surface area contributed by atoms with Crippen LogP contribution in [0.25, 0.3) is 11.1 Å². The number of benzene rings is 3. The fourth-order valence-corrected chi connectivity index (χ4v) is 5.45. The number of nitrogens with zero attached hydrogens (tertiary/aromatic N) is 1. The van der Waals surface area contributed by atoms with Crippen molar-refractivity contribution in [1.82, 2.24) is 10.6 Å². The summed E-state index contributed by atoms with van der Waals surface area (Å²) < 4.78 is 5.54. The van der Waals surface area contributed by atoms with Gasteiger partial charge in [0.05, 0.1) is 4.92 Å². The van der Waals surface area contributed by atoms with E-state index in [0.29, 0.717) is 37.3 Å². The van der Waals surface area contributed by atoms with E-state index >= 15 is 0 Å². The summed E-state index contributed by atoms with van der Waals surface area (Å²) in [6.45, 7) is 2.49. The molecule has 3 aromatic rings. The predicted octanol–water partition coefficient (Wildman–Crippen LogP) is 5.12. The highest BCUT2D eigenvalue weighted by atomic mass is 16.6. The Morgan fingerprint density at radius 1 is 1.00 bits per heavy atom. The summed E-state index contributed by atoms with van der Waals surface area (Å²) in [6, 6.07) is 20.9. The van der Waals surface area contributed by atoms with Gasteiger partial charge in [0.1, 0.15) is 12.3 Å². The van der Waals surface area contributed by atoms with Gasteiger partial charge >= 0.3 is 6.09 Å². The van der Waals surface area contributed by atoms with Crippen LogP contribution in [0.1, 0.15) is 46.7 Å². The molecule has 1 saturated heterocycles. The number of carbonyl (C=O) groups excluding carboxylic acids is 2. The fraction of sp³-hybridized carbons (Fsp3) is 0.333. The molecule has 0 saturated carbocycles. The molecule has 1 aliphatic heterocycles. The van der Waals surface area contributed by atoms with Crippen LogP contribution < -0.4 is 16.0 Å². The largest absolute Gasteiger partial charge is 0.449 e. The maximum atomic E-state index is 12.8. The molecule has 202 valence electrons. The Morgan fingerprint density at radius 3 is 2.38 bits per heavy atom. The Bertz CT molecular complexity index is 1320. The minimum Gasteiger partial charge on any atom is -0.449 e. The molecule has 1 amide bonds. The SMILES string of the molecule is O=C(NCCCNc1ccc(C(=O)C2CCCNC2)cc1[N+](=O)[O-])OCC1c2ccccc2-c2ccccc21. The number of alkyl carbamates (subject to hydrolysis) is 1. The lowest BCUT2D eigenvalue weighted by Gasteiger charge is -2.21. The van der Waals surface area contributed by atoms with E-state index in [1.165, 1.54) is 17.2 Å². The molecular weight excluding hydrogens is 496 g/mol. The molecule has 39 heavy (non-hydrogen) atoms. The van der Waals surface area contributed by atoms with Crippen LogP contribution in [0, 0.1) is 16.0 Å². The molecule has 1 heterocycles. The first-order valence-electron chi connectivity index (χ1n) is 13.4. The van der Waals surface area contributed by atoms with Gasteiger partial charge < -0.3 is 20.7 Å². The van der Waals surface area contributed by atoms with E-state index in [2.05, 4.69) is 40.2 Å². The average Bonchev–Trinajstić information content (AvgIpc) is 3.29. The van der Waals surface area contributed by atoms with Crippen molar-refractivity contribution in [3.63, 3.8) is 0 Å². The van der Waals surface area contributed by atoms with Crippen molar-refractivity contribution in [2.45, 2.75) is 25.2 Å². The van der Waals surface area contributed by atoms with Crippen molar-refractivity contribution in [2.24, 2.45) is 5.92 Å². The second-order valence-corrected chi connectivity index (χ2v) is 9.93. The van der Waals surface area contributed by atoms with E-state index in [9.17, 15) is 19.7 Å². The number of anilines is 1. The van der Waals surface area contributed by atoms with Gasteiger partial charge in [0, 0.05) is 43.1 Å². The quantitative estimate of drug-likeness (QED) is 0.144. The molecule has 3 N–H and O–H groups in total. The van der Waals surface area contributed by atoms with Gasteiger partial charge in [-0.15, -0.1) is 0 Å². The van der Waals surface area contributed by atoms with Crippen LogP contribution in [0.3, 0.4) is 0 Å². The summed E-state index contributed by atoms with van der Waals surface area (Å²) in [4.78, 5) is 36.3. The van der Waals surface area contributed by atoms with Gasteiger partial charge in [0.2, 0.25) is 0 Å². The Kier molecular flexibility index (Phi) is 8.17. The third kappa shape index (κ3) is 5.93. The number of fused-ring (bicyclic) bond motifs is 3. The standard InChI is InChI=1S/C30H32N4O5/c35-29(21-7-5-14-31-18-21)20-12-13-27(28(17-20)34(37)38)32-15-6-16-33-30(36)39-19-26-24-10-3-1-8-22(24)23-9-2-4-11-25(23)26/h1-4,8-13,17,21,26,31-32H,5-7,14-16,18-19H2,(H,33,36). The molecule has 1 atom stereocenters. The summed E-state index contributed by atoms with van der Waals surface area (Å²) in [5.41, 5.74) is 5.23. The number of nitro benzene ring substituents is 1. The molecule has 9 nitrogen and oxygen atoms in total. The van der Waals surface area contributed by atoms with Gasteiger partial charge in [0.25, 0.3) is 5.69 Å². The van der Waals surface area contributed by atoms with Crippen LogP contribution in [0.4, 0.5) is 16.2 Å². The predicted molar refractivity (Wildman–Crippen MR) is 149 cm³/mol. The number of rotatable bonds is 10. The first kappa shape index (κ1) is 26.4. The number of ether oxygens (including phenoxy) is 1. The van der Waals surface area contributed by atoms with E-state index < -0.39 is 11.0 Å². The number of carbonyl (C=O) groups is 2. The topological polar surface area (TPSA) is 123 Å². The van der Waals surface area contributed by atoms with Gasteiger partial charge in [-0.25, -0.2) is 4.79 Å². The van der Waals surface area contributed by atoms with Gasteiger partial charge in [-0.2, -0.15) is 0 Å². The van der Waals surface area contributed by atoms with E-state index in [1.54, 1.807) is 12.1 Å². The van der Waals surface area contributed by atoms with Crippen LogP contribution in [-0.4, -0.2) is 49.6 Å². The van der Waals surface area contributed by atoms with E-state index in [4.69, 9.17) is 4.74 Å². The number of ketones is 1. The van der Waals surface area contributed by atoms with Crippen LogP contribution in [-0.2, 0) is 4.74 Å². The summed E-state index contributed by atoms with van der Waals surface area (Å²) in [5.74, 6) is -0.222. The minimum absolute atomic E-state index is 0.00500. The number of nitro groups is 1. The highest BCUT2D eigenvalue weighted by molar-refractivity contribution is 5.99. The van der Waals surface area contributed by atoms with Crippen LogP contribution in [0.2, 0.25) is 0 Å². The molecule has 3 aromatic carbocycles. The number of hydrogen-bond acceptors (Lipinski definition) is 7. The zero-order chi connectivity index (χ0) is 27.2. The molecule has 2 aliphatic rings. The van der Waals surface area contributed by atoms with Crippen molar-refractivity contribution in [2.75, 3.05) is 38.1 Å². The maximum Gasteiger partial charge on any atom is 0.407 e. The number of hydrogen-bond donors (Lipinski definition) is 3. The van der Waals surface area contributed by atoms with E-state index in [0.717, 1.165) is 30.5 Å². The first-order chi connectivity index (χ1) is 19.0. The van der Waals surface area contributed by atoms with Gasteiger partial charge in [0.15, 0.2) is 5.78 Å². The number of nitrogens with one attached hydrogen (secondary N) is 3. The summed E-state index contributed by atoms with van der Waals surface area (Å²) in [6.07, 6.45) is 1.75. The normalized spacial score (nSPS) is 16.2. The smallest absolute Gasteiger partial charge is 0.407 e. The van der Waals surface area contributed by atoms with E-state index in [-0.39, 0.29) is 29.9 Å². The Labute approximate surface area is 227 Å². The number of Topliss-reactive ketones (excluding diaryl/α,β-unsaturated/α-hetero) is 1. The highest BCUT2D eigenvalue weighted by Crippen LogP contribution is 2.44. The van der Waals surface area contributed by atoms with Crippen LogP contribution >= 0.6 is 0 Å². The molecule has 0 aromatic heterocycles. The van der Waals surface area contributed by atoms with Crippen molar-refractivity contribution >= 4 is 23.3 Å². The molecular formula is C30H32N4O5. The zero-order valence-electron chi connectivity index (χ0n) is 21.7. The molecule has 0 bridgehead atoms. The van der Waals surface area contributed by atoms with Crippen molar-refractivity contribution in [3.05, 3.63) is 93.5 Å². The Balaban J connectivity index is 1.09. The molecule has 9 heteroatoms. The Morgan fingerprint density at radius 2 is 1.72 bits per heavy atom. The lowest BCUT2D eigenvalue weighted by Crippen LogP contribution is -2.34. The highest BCUT2D eigenvalue weighted by Gasteiger charge is 2.29. The monoisotopic (exact) mass is 528 g/mol. The van der Waals surface area contributed by atoms with Crippen molar-refractivity contribution in [1.29, 1.82) is 0 Å². The van der Waals surface area contributed by atoms with Crippen LogP contribution in [0.5, 0.6) is 0 Å². The molecule has 1 unspecified atom stereocenters. The van der Waals surface area contributed by atoms with Crippen molar-refractivity contribution in [3.8, 4) is 11.1 Å². The number of amides is 1. The van der Waals surface area contributed by atoms with E-state index in [1.807, 2.05) is 24.3 Å². The molecule has 0 spiro atoms. The lowest BCUT2D eigenvalue weighted by molar-refractivity contribution is -0.384. The fourth-order valence-electron chi connectivity index (χ4n) is 5.45. The summed E-state index contributed by atoms with van der Waals surface area (Å²) >= 11 is 0. The van der Waals surface area contributed by atoms with Gasteiger partial charge in [-0.3, -0.25) is 14.9 Å². The molecule has 5 rings (SSSR count). The second kappa shape index (κ2) is 12.1. The molecule has 1 fully saturated rings. The first-order valence-corrected chi connectivity index (χ1v) is 13.4. The maximum absolute atomic E-state index is 12.8. The zero-order valence-corrected chi connectivity index (χ0v) is 21.7. The third-order valence-electron chi connectivity index (χ3n) is 7.43. The molecule has 0 radical (unpaired) electrons. The summed E-state index contributed by atoms with van der Waals surface area (Å²) in [7, 11) is 0. The Hall–Kier alpha value is -4.24. The summed E-state index contributed by atoms with van der Waals surface area (Å²) in [5, 5.41) is 20.7. The van der Waals surface area contributed by atoms with Gasteiger partial charge in [-0.05, 0) is 60.2 Å². The second-order valence-electron chi connectivity index (χ2n) is 9.93. The average molecular weight is 529 g/mol. The lowest BCUT2D eigenvalue weighted by atomic mass is 9.90. The third-order valence-corrected chi connectivity index (χ3v) is 7.43.